The molecular formula is C135H85N9S. The quantitative estimate of drug-likeness (QED) is 0.113. The minimum absolute atomic E-state index is 0.654. The van der Waals surface area contributed by atoms with Crippen LogP contribution in [0.4, 0.5) is 0 Å². The Kier molecular flexibility index (Phi) is 21.3. The Morgan fingerprint density at radius 1 is 0.159 bits per heavy atom. The van der Waals surface area contributed by atoms with Crippen LogP contribution in [0.15, 0.2) is 516 Å². The summed E-state index contributed by atoms with van der Waals surface area (Å²) in [6, 6.07) is 183. The Labute approximate surface area is 839 Å². The average Bonchev–Trinajstić information content (AvgIpc) is 1.59. The molecule has 676 valence electrons. The molecule has 0 unspecified atom stereocenters. The number of fused-ring (bicyclic) bond motifs is 19. The second-order valence-electron chi connectivity index (χ2n) is 36.8. The summed E-state index contributed by atoms with van der Waals surface area (Å²) in [7, 11) is 0. The number of thiophene rings is 1. The first-order chi connectivity index (χ1) is 71.9. The third kappa shape index (κ3) is 15.3. The van der Waals surface area contributed by atoms with Crippen LogP contribution in [0.2, 0.25) is 0 Å². The van der Waals surface area contributed by atoms with E-state index in [1.807, 2.05) is 72.0 Å². The van der Waals surface area contributed by atoms with E-state index in [2.05, 4.69) is 464 Å². The van der Waals surface area contributed by atoms with Gasteiger partial charge in [0, 0.05) is 119 Å². The predicted molar refractivity (Wildman–Crippen MR) is 608 cm³/mol. The molecule has 10 heteroatoms. The summed E-state index contributed by atoms with van der Waals surface area (Å²) in [6.45, 7) is 0. The standard InChI is InChI=1S/C48H31N3.C46H29N3.C41H25N3S/c1-3-13-32(14-4-1)36-17-11-18-37(31-36)51-45-24-10-8-19-40(45)42-30-29-39-38(21-12-22-41(39)47(42)51)33-25-27-35(28-26-33)48-49-44-23-9-7-20-43(44)46(50-48)34-15-5-2-6-16-34;1-3-14-30(15-4-1)44-41-21-9-11-24-42(41)47-46(48-44)40-29-27-35(32-18-7-8-19-34(32)40)33-22-13-23-38-36(33)26-28-39-37-20-10-12-25-43(37)49(45(38)39)31-16-5-2-6-17-31;1-2-11-27(12-3-1)39-42-40(44-41(43-39)31-21-20-26-10-4-5-13-28(26)24-31)30-15-8-14-29(25-30)32-17-9-18-35-33(32)22-23-36-34-16-6-7-19-37(34)45-38(35)36/h1-31H;1-29H;1-25H. The third-order valence-corrected chi connectivity index (χ3v) is 29.5. The van der Waals surface area contributed by atoms with Crippen molar-refractivity contribution in [1.82, 2.24) is 44.0 Å². The van der Waals surface area contributed by atoms with E-state index in [1.165, 1.54) is 140 Å². The van der Waals surface area contributed by atoms with Crippen molar-refractivity contribution in [2.75, 3.05) is 0 Å². The summed E-state index contributed by atoms with van der Waals surface area (Å²) in [4.78, 5) is 35.4. The average molecular weight is 1870 g/mol. The topological polar surface area (TPSA) is 100 Å². The van der Waals surface area contributed by atoms with Crippen molar-refractivity contribution in [1.29, 1.82) is 0 Å². The van der Waals surface area contributed by atoms with Gasteiger partial charge >= 0.3 is 0 Å². The summed E-state index contributed by atoms with van der Waals surface area (Å²) in [5.74, 6) is 3.42. The molecule has 0 saturated heterocycles. The van der Waals surface area contributed by atoms with Gasteiger partial charge in [-0.3, -0.25) is 0 Å². The monoisotopic (exact) mass is 1860 g/mol. The Morgan fingerprint density at radius 3 is 1.14 bits per heavy atom. The van der Waals surface area contributed by atoms with Crippen LogP contribution in [-0.4, -0.2) is 44.0 Å². The number of hydrogen-bond donors (Lipinski definition) is 0. The van der Waals surface area contributed by atoms with E-state index in [0.717, 1.165) is 117 Å². The maximum atomic E-state index is 5.22. The molecule has 0 aliphatic rings. The zero-order valence-corrected chi connectivity index (χ0v) is 79.3. The first kappa shape index (κ1) is 85.1. The highest BCUT2D eigenvalue weighted by atomic mass is 32.1. The third-order valence-electron chi connectivity index (χ3n) is 28.3. The number of nitrogens with zero attached hydrogens (tertiary/aromatic N) is 9. The highest BCUT2D eigenvalue weighted by molar-refractivity contribution is 7.26. The lowest BCUT2D eigenvalue weighted by molar-refractivity contribution is 1.07. The smallest absolute Gasteiger partial charge is 0.164 e. The van der Waals surface area contributed by atoms with Crippen molar-refractivity contribution in [3.8, 4) is 135 Å². The molecule has 0 bridgehead atoms. The van der Waals surface area contributed by atoms with Crippen molar-refractivity contribution in [2.45, 2.75) is 0 Å². The Morgan fingerprint density at radius 2 is 0.510 bits per heavy atom. The fourth-order valence-electron chi connectivity index (χ4n) is 21.5. The largest absolute Gasteiger partial charge is 0.309 e. The van der Waals surface area contributed by atoms with Crippen LogP contribution in [-0.2, 0) is 0 Å². The molecule has 6 aromatic heterocycles. The Hall–Kier alpha value is -19.1. The molecule has 0 spiro atoms. The van der Waals surface area contributed by atoms with Crippen LogP contribution < -0.4 is 0 Å². The van der Waals surface area contributed by atoms with Gasteiger partial charge in [-0.05, 0) is 155 Å². The van der Waals surface area contributed by atoms with E-state index in [9.17, 15) is 0 Å². The van der Waals surface area contributed by atoms with Crippen molar-refractivity contribution in [3.05, 3.63) is 516 Å². The molecule has 0 aliphatic heterocycles. The van der Waals surface area contributed by atoms with Crippen LogP contribution in [0.5, 0.6) is 0 Å². The number of para-hydroxylation sites is 5. The van der Waals surface area contributed by atoms with Crippen molar-refractivity contribution >= 4 is 151 Å². The molecule has 0 N–H and O–H groups in total. The highest BCUT2D eigenvalue weighted by Crippen LogP contribution is 2.48. The minimum atomic E-state index is 0.654. The lowest BCUT2D eigenvalue weighted by Crippen LogP contribution is -2.00. The van der Waals surface area contributed by atoms with Crippen LogP contribution in [0.3, 0.4) is 0 Å². The van der Waals surface area contributed by atoms with Crippen molar-refractivity contribution in [2.24, 2.45) is 0 Å². The summed E-state index contributed by atoms with van der Waals surface area (Å²) >= 11 is 1.87. The molecule has 0 atom stereocenters. The first-order valence-electron chi connectivity index (χ1n) is 49.1. The number of rotatable bonds is 13. The molecule has 29 rings (SSSR count). The lowest BCUT2D eigenvalue weighted by atomic mass is 9.91. The molecule has 0 amide bonds. The second-order valence-corrected chi connectivity index (χ2v) is 37.8. The molecule has 0 radical (unpaired) electrons. The maximum absolute atomic E-state index is 5.22. The van der Waals surface area contributed by atoms with Gasteiger partial charge in [0.2, 0.25) is 0 Å². The lowest BCUT2D eigenvalue weighted by Gasteiger charge is -2.15. The molecule has 9 nitrogen and oxygen atoms in total. The number of aromatic nitrogens is 9. The zero-order chi connectivity index (χ0) is 95.8. The van der Waals surface area contributed by atoms with E-state index in [1.54, 1.807) is 0 Å². The van der Waals surface area contributed by atoms with Gasteiger partial charge in [-0.2, -0.15) is 0 Å². The normalized spacial score (nSPS) is 11.6. The second kappa shape index (κ2) is 36.3. The van der Waals surface area contributed by atoms with Gasteiger partial charge in [-0.15, -0.1) is 11.3 Å². The van der Waals surface area contributed by atoms with Crippen molar-refractivity contribution in [3.63, 3.8) is 0 Å². The van der Waals surface area contributed by atoms with Gasteiger partial charge < -0.3 is 9.13 Å². The summed E-state index contributed by atoms with van der Waals surface area (Å²) < 4.78 is 7.50. The Balaban J connectivity index is 0.000000108. The number of benzene rings is 23. The highest BCUT2D eigenvalue weighted by Gasteiger charge is 2.25. The van der Waals surface area contributed by atoms with Crippen LogP contribution >= 0.6 is 11.3 Å². The fraction of sp³-hybridized carbons (Fsp3) is 0. The van der Waals surface area contributed by atoms with Crippen molar-refractivity contribution < 1.29 is 0 Å². The summed E-state index contributed by atoms with van der Waals surface area (Å²) in [5.41, 5.74) is 27.5. The molecule has 0 fully saturated rings. The molecule has 0 saturated carbocycles. The SMILES string of the molecule is c1ccc(-c2cccc(-n3c4ccccc4c4ccc5c(-c6ccc(-c7nc(-c8ccccc8)c8ccccc8n7)cc6)cccc5c43)c2)cc1.c1ccc(-c2nc(-c3ccc(-c4cccc5c4ccc4c6ccccc6n(-c6ccccc6)c54)c4ccccc34)nc3ccccc23)cc1.c1ccc(-c2nc(-c3cccc(-c4cccc5c4ccc4c6ccccc6sc54)c3)nc(-c3ccc4ccccc4c3)n2)cc1. The molecule has 23 aromatic carbocycles. The molecule has 145 heavy (non-hydrogen) atoms. The van der Waals surface area contributed by atoms with Gasteiger partial charge in [0.15, 0.2) is 29.1 Å². The molecule has 0 aliphatic carbocycles. The van der Waals surface area contributed by atoms with Crippen LogP contribution in [0.25, 0.3) is 275 Å². The molecule has 6 heterocycles. The van der Waals surface area contributed by atoms with E-state index in [-0.39, 0.29) is 0 Å². The van der Waals surface area contributed by atoms with Gasteiger partial charge in [0.25, 0.3) is 0 Å². The summed E-state index contributed by atoms with van der Waals surface area (Å²) in [5, 5.41) is 21.8. The fourth-order valence-corrected chi connectivity index (χ4v) is 22.8. The first-order valence-corrected chi connectivity index (χ1v) is 49.9. The van der Waals surface area contributed by atoms with Gasteiger partial charge in [-0.25, -0.2) is 34.9 Å². The van der Waals surface area contributed by atoms with E-state index < -0.39 is 0 Å². The summed E-state index contributed by atoms with van der Waals surface area (Å²) in [6.07, 6.45) is 0. The van der Waals surface area contributed by atoms with Gasteiger partial charge in [-0.1, -0.05) is 443 Å². The van der Waals surface area contributed by atoms with E-state index in [0.29, 0.717) is 17.5 Å². The number of hydrogen-bond acceptors (Lipinski definition) is 8. The maximum Gasteiger partial charge on any atom is 0.164 e. The predicted octanol–water partition coefficient (Wildman–Crippen LogP) is 35.8. The molecular weight excluding hydrogens is 1780 g/mol. The van der Waals surface area contributed by atoms with Crippen LogP contribution in [0, 0.1) is 0 Å². The molecule has 29 aromatic rings. The van der Waals surface area contributed by atoms with E-state index in [4.69, 9.17) is 34.9 Å². The van der Waals surface area contributed by atoms with Gasteiger partial charge in [0.05, 0.1) is 44.5 Å². The van der Waals surface area contributed by atoms with Crippen LogP contribution in [0.1, 0.15) is 0 Å². The Bertz CT molecular complexity index is 10100. The minimum Gasteiger partial charge on any atom is -0.309 e. The van der Waals surface area contributed by atoms with Gasteiger partial charge in [0.1, 0.15) is 0 Å². The zero-order valence-electron chi connectivity index (χ0n) is 78.5. The van der Waals surface area contributed by atoms with E-state index >= 15 is 0 Å².